The Kier molecular flexibility index (Phi) is 5.96. The van der Waals surface area contributed by atoms with Crippen molar-refractivity contribution in [2.24, 2.45) is 0 Å². The smallest absolute Gasteiger partial charge is 0.304 e. The summed E-state index contributed by atoms with van der Waals surface area (Å²) in [7, 11) is 0. The van der Waals surface area contributed by atoms with E-state index in [0.29, 0.717) is 29.1 Å². The normalized spacial score (nSPS) is 19.9. The van der Waals surface area contributed by atoms with E-state index >= 15 is 0 Å². The summed E-state index contributed by atoms with van der Waals surface area (Å²) in [6.07, 6.45) is 8.65. The molecule has 0 bridgehead atoms. The second kappa shape index (κ2) is 8.74. The summed E-state index contributed by atoms with van der Waals surface area (Å²) in [4.78, 5) is 13.1. The van der Waals surface area contributed by atoms with Crippen molar-refractivity contribution in [2.75, 3.05) is 26.2 Å². The summed E-state index contributed by atoms with van der Waals surface area (Å²) >= 11 is 13.0. The van der Waals surface area contributed by atoms with Crippen LogP contribution < -0.4 is 4.74 Å². The zero-order valence-electron chi connectivity index (χ0n) is 17.9. The first-order chi connectivity index (χ1) is 15.4. The first kappa shape index (κ1) is 21.8. The van der Waals surface area contributed by atoms with Gasteiger partial charge in [-0.1, -0.05) is 47.5 Å². The van der Waals surface area contributed by atoms with E-state index in [-0.39, 0.29) is 11.8 Å². The molecule has 0 radical (unpaired) electrons. The van der Waals surface area contributed by atoms with Gasteiger partial charge in [0.1, 0.15) is 5.75 Å². The topological polar surface area (TPSA) is 49.8 Å². The standard InChI is InChI=1S/C26H27Cl2NO3/c27-22-14-19(18-3-4-18)15-23(28)20(22)5-1-17-2-6-21-24(13-17)32-16-26(21)8-11-29(12-9-26)10-7-25(30)31/h1-2,5-6,13-15,18H,3-4,7-12,16H2,(H,30,31)/b5-1+. The number of likely N-dealkylation sites (tertiary alicyclic amines) is 1. The maximum atomic E-state index is 10.8. The van der Waals surface area contributed by atoms with E-state index in [1.165, 1.54) is 24.0 Å². The van der Waals surface area contributed by atoms with E-state index in [2.05, 4.69) is 23.1 Å². The van der Waals surface area contributed by atoms with Crippen LogP contribution in [0, 0.1) is 0 Å². The molecule has 1 saturated heterocycles. The van der Waals surface area contributed by atoms with Crippen molar-refractivity contribution in [3.63, 3.8) is 0 Å². The predicted octanol–water partition coefficient (Wildman–Crippen LogP) is 6.24. The van der Waals surface area contributed by atoms with Gasteiger partial charge in [-0.2, -0.15) is 0 Å². The number of nitrogens with zero attached hydrogens (tertiary/aromatic N) is 1. The first-order valence-electron chi connectivity index (χ1n) is 11.3. The lowest BCUT2D eigenvalue weighted by molar-refractivity contribution is -0.137. The lowest BCUT2D eigenvalue weighted by Crippen LogP contribution is -2.44. The van der Waals surface area contributed by atoms with E-state index in [4.69, 9.17) is 33.0 Å². The van der Waals surface area contributed by atoms with Crippen LogP contribution in [0.25, 0.3) is 12.2 Å². The fourth-order valence-corrected chi connectivity index (χ4v) is 5.59. The average molecular weight is 472 g/mol. The fraction of sp³-hybridized carbons (Fsp3) is 0.423. The Morgan fingerprint density at radius 1 is 1.12 bits per heavy atom. The van der Waals surface area contributed by atoms with Crippen molar-refractivity contribution in [3.8, 4) is 5.75 Å². The summed E-state index contributed by atoms with van der Waals surface area (Å²) in [6.45, 7) is 3.13. The second-order valence-corrected chi connectivity index (χ2v) is 10.1. The second-order valence-electron chi connectivity index (χ2n) is 9.32. The molecule has 0 unspecified atom stereocenters. The molecule has 6 heteroatoms. The monoisotopic (exact) mass is 471 g/mol. The third-order valence-corrected chi connectivity index (χ3v) is 7.75. The molecular formula is C26H27Cl2NO3. The number of aliphatic carboxylic acids is 1. The molecule has 2 aliphatic heterocycles. The number of carboxylic acids is 1. The minimum absolute atomic E-state index is 0.0442. The number of hydrogen-bond acceptors (Lipinski definition) is 3. The number of benzene rings is 2. The quantitative estimate of drug-likeness (QED) is 0.506. The molecule has 0 amide bonds. The van der Waals surface area contributed by atoms with Gasteiger partial charge in [-0.15, -0.1) is 0 Å². The molecule has 32 heavy (non-hydrogen) atoms. The van der Waals surface area contributed by atoms with Crippen LogP contribution in [0.2, 0.25) is 10.0 Å². The number of carboxylic acid groups (broad SMARTS) is 1. The number of carbonyl (C=O) groups is 1. The van der Waals surface area contributed by atoms with Gasteiger partial charge in [0.2, 0.25) is 0 Å². The van der Waals surface area contributed by atoms with Crippen LogP contribution in [0.5, 0.6) is 5.75 Å². The van der Waals surface area contributed by atoms with E-state index in [0.717, 1.165) is 42.8 Å². The summed E-state index contributed by atoms with van der Waals surface area (Å²) in [6, 6.07) is 10.5. The molecule has 1 aliphatic carbocycles. The van der Waals surface area contributed by atoms with E-state index in [1.807, 2.05) is 24.3 Å². The predicted molar refractivity (Wildman–Crippen MR) is 129 cm³/mol. The highest BCUT2D eigenvalue weighted by Crippen LogP contribution is 2.46. The van der Waals surface area contributed by atoms with Crippen LogP contribution in [0.4, 0.5) is 0 Å². The Bertz CT molecular complexity index is 1050. The van der Waals surface area contributed by atoms with Gasteiger partial charge in [0.25, 0.3) is 0 Å². The Morgan fingerprint density at radius 3 is 2.50 bits per heavy atom. The van der Waals surface area contributed by atoms with Gasteiger partial charge in [-0.25, -0.2) is 0 Å². The Hall–Kier alpha value is -2.01. The molecule has 1 saturated carbocycles. The van der Waals surface area contributed by atoms with Crippen LogP contribution in [-0.4, -0.2) is 42.2 Å². The van der Waals surface area contributed by atoms with E-state index < -0.39 is 5.97 Å². The number of halogens is 2. The average Bonchev–Trinajstić information content (AvgIpc) is 3.57. The zero-order valence-corrected chi connectivity index (χ0v) is 19.5. The lowest BCUT2D eigenvalue weighted by Gasteiger charge is -2.38. The van der Waals surface area contributed by atoms with Crippen LogP contribution >= 0.6 is 23.2 Å². The molecule has 4 nitrogen and oxygen atoms in total. The summed E-state index contributed by atoms with van der Waals surface area (Å²) in [5, 5.41) is 10.3. The third-order valence-electron chi connectivity index (χ3n) is 7.13. The maximum Gasteiger partial charge on any atom is 0.304 e. The van der Waals surface area contributed by atoms with Gasteiger partial charge in [-0.05, 0) is 74.0 Å². The number of ether oxygens (including phenoxy) is 1. The summed E-state index contributed by atoms with van der Waals surface area (Å²) in [5.74, 6) is 0.836. The molecule has 168 valence electrons. The van der Waals surface area contributed by atoms with Crippen molar-refractivity contribution >= 4 is 41.3 Å². The summed E-state index contributed by atoms with van der Waals surface area (Å²) in [5.41, 5.74) is 4.46. The van der Waals surface area contributed by atoms with E-state index in [9.17, 15) is 4.79 Å². The van der Waals surface area contributed by atoms with E-state index in [1.54, 1.807) is 0 Å². The molecule has 1 N–H and O–H groups in total. The molecule has 5 rings (SSSR count). The molecule has 2 aromatic rings. The highest BCUT2D eigenvalue weighted by molar-refractivity contribution is 6.37. The number of hydrogen-bond donors (Lipinski definition) is 1. The Balaban J connectivity index is 1.29. The zero-order chi connectivity index (χ0) is 22.3. The number of piperidine rings is 1. The summed E-state index contributed by atoms with van der Waals surface area (Å²) < 4.78 is 6.12. The minimum atomic E-state index is -0.734. The molecule has 0 atom stereocenters. The van der Waals surface area contributed by atoms with Crippen molar-refractivity contribution in [1.82, 2.24) is 4.90 Å². The van der Waals surface area contributed by atoms with Crippen LogP contribution in [0.3, 0.4) is 0 Å². The van der Waals surface area contributed by atoms with Gasteiger partial charge >= 0.3 is 5.97 Å². The minimum Gasteiger partial charge on any atom is -0.492 e. The van der Waals surface area contributed by atoms with Gasteiger partial charge in [0, 0.05) is 33.1 Å². The molecule has 2 heterocycles. The van der Waals surface area contributed by atoms with Crippen molar-refractivity contribution in [3.05, 3.63) is 62.6 Å². The highest BCUT2D eigenvalue weighted by atomic mass is 35.5. The van der Waals surface area contributed by atoms with Gasteiger partial charge in [0.15, 0.2) is 0 Å². The van der Waals surface area contributed by atoms with Gasteiger partial charge in [-0.3, -0.25) is 4.79 Å². The van der Waals surface area contributed by atoms with Crippen LogP contribution in [0.1, 0.15) is 60.3 Å². The number of fused-ring (bicyclic) bond motifs is 2. The van der Waals surface area contributed by atoms with Crippen LogP contribution in [0.15, 0.2) is 30.3 Å². The van der Waals surface area contributed by atoms with Crippen LogP contribution in [-0.2, 0) is 10.2 Å². The van der Waals surface area contributed by atoms with Gasteiger partial charge in [0.05, 0.1) is 13.0 Å². The molecule has 2 fully saturated rings. The van der Waals surface area contributed by atoms with Crippen molar-refractivity contribution < 1.29 is 14.6 Å². The Morgan fingerprint density at radius 2 is 1.84 bits per heavy atom. The number of rotatable bonds is 6. The molecule has 0 aromatic heterocycles. The first-order valence-corrected chi connectivity index (χ1v) is 12.1. The third kappa shape index (κ3) is 4.41. The molecule has 1 spiro atoms. The molecule has 3 aliphatic rings. The van der Waals surface area contributed by atoms with Gasteiger partial charge < -0.3 is 14.7 Å². The molecular weight excluding hydrogens is 445 g/mol. The lowest BCUT2D eigenvalue weighted by atomic mass is 9.74. The van der Waals surface area contributed by atoms with Crippen molar-refractivity contribution in [2.45, 2.75) is 43.4 Å². The molecule has 2 aromatic carbocycles. The Labute approximate surface area is 198 Å². The maximum absolute atomic E-state index is 10.8. The highest BCUT2D eigenvalue weighted by Gasteiger charge is 2.42. The largest absolute Gasteiger partial charge is 0.492 e. The fourth-order valence-electron chi connectivity index (χ4n) is 4.96. The SMILES string of the molecule is O=C(O)CCN1CCC2(CC1)COc1cc(/C=C/c3c(Cl)cc(C4CC4)cc3Cl)ccc12. The van der Waals surface area contributed by atoms with Crippen molar-refractivity contribution in [1.29, 1.82) is 0 Å².